The Labute approximate surface area is 158 Å². The van der Waals surface area contributed by atoms with Crippen LogP contribution < -0.4 is 19.5 Å². The Kier molecular flexibility index (Phi) is 5.86. The molecule has 0 fully saturated rings. The average Bonchev–Trinajstić information content (AvgIpc) is 3.12. The topological polar surface area (TPSA) is 61.7 Å². The zero-order valence-electron chi connectivity index (χ0n) is 15.8. The van der Waals surface area contributed by atoms with E-state index in [0.717, 1.165) is 11.1 Å². The number of hydrogen-bond acceptors (Lipinski definition) is 4. The lowest BCUT2D eigenvalue weighted by Crippen LogP contribution is -2.24. The number of fused-ring (bicyclic) bond motifs is 1. The number of aromatic nitrogens is 1. The Bertz CT molecular complexity index is 933. The second kappa shape index (κ2) is 8.49. The summed E-state index contributed by atoms with van der Waals surface area (Å²) in [5, 5.41) is 4.12. The molecule has 3 aromatic rings. The van der Waals surface area contributed by atoms with Gasteiger partial charge in [0.15, 0.2) is 11.5 Å². The third-order valence-electron chi connectivity index (χ3n) is 4.52. The predicted octanol–water partition coefficient (Wildman–Crippen LogP) is 3.37. The molecule has 3 rings (SSSR count). The van der Waals surface area contributed by atoms with Gasteiger partial charge in [-0.25, -0.2) is 0 Å². The van der Waals surface area contributed by atoms with Crippen LogP contribution in [-0.4, -0.2) is 31.8 Å². The van der Waals surface area contributed by atoms with Crippen molar-refractivity contribution in [3.8, 4) is 17.2 Å². The Morgan fingerprint density at radius 3 is 2.48 bits per heavy atom. The minimum absolute atomic E-state index is 0.0235. The zero-order valence-corrected chi connectivity index (χ0v) is 15.8. The summed E-state index contributed by atoms with van der Waals surface area (Å²) in [6.45, 7) is 0.983. The standard InChI is InChI=1S/C21H24N2O4/c1-25-18-9-8-16(20(26-2)21(18)27-3)14-22-19(24)11-13-23-12-10-15-6-4-5-7-17(15)23/h4-10,12H,11,13-14H2,1-3H3,(H,22,24). The molecule has 6 nitrogen and oxygen atoms in total. The molecule has 0 radical (unpaired) electrons. The number of nitrogens with one attached hydrogen (secondary N) is 1. The molecule has 0 aliphatic carbocycles. The molecule has 0 aliphatic rings. The molecular formula is C21H24N2O4. The van der Waals surface area contributed by atoms with Gasteiger partial charge in [0.25, 0.3) is 0 Å². The van der Waals surface area contributed by atoms with Crippen LogP contribution >= 0.6 is 0 Å². The van der Waals surface area contributed by atoms with Gasteiger partial charge in [0.05, 0.1) is 21.3 Å². The monoisotopic (exact) mass is 368 g/mol. The first-order chi connectivity index (χ1) is 13.2. The van der Waals surface area contributed by atoms with E-state index in [9.17, 15) is 4.79 Å². The predicted molar refractivity (Wildman–Crippen MR) is 104 cm³/mol. The maximum atomic E-state index is 12.3. The van der Waals surface area contributed by atoms with Gasteiger partial charge < -0.3 is 24.1 Å². The van der Waals surface area contributed by atoms with E-state index in [1.165, 1.54) is 5.39 Å². The highest BCUT2D eigenvalue weighted by atomic mass is 16.5. The molecule has 0 unspecified atom stereocenters. The molecule has 0 spiro atoms. The number of aryl methyl sites for hydroxylation is 1. The molecule has 142 valence electrons. The lowest BCUT2D eigenvalue weighted by molar-refractivity contribution is -0.121. The molecule has 1 amide bonds. The van der Waals surface area contributed by atoms with Gasteiger partial charge in [-0.15, -0.1) is 0 Å². The van der Waals surface area contributed by atoms with Gasteiger partial charge in [0.2, 0.25) is 11.7 Å². The SMILES string of the molecule is COc1ccc(CNC(=O)CCn2ccc3ccccc32)c(OC)c1OC. The molecule has 1 aromatic heterocycles. The van der Waals surface area contributed by atoms with Gasteiger partial charge in [-0.05, 0) is 29.7 Å². The van der Waals surface area contributed by atoms with Crippen LogP contribution in [0.4, 0.5) is 0 Å². The second-order valence-electron chi connectivity index (χ2n) is 6.09. The van der Waals surface area contributed by atoms with Crippen LogP contribution in [0.2, 0.25) is 0 Å². The molecule has 1 N–H and O–H groups in total. The van der Waals surface area contributed by atoms with Crippen molar-refractivity contribution in [3.05, 3.63) is 54.2 Å². The van der Waals surface area contributed by atoms with Gasteiger partial charge in [-0.1, -0.05) is 18.2 Å². The third kappa shape index (κ3) is 4.00. The molecule has 0 bridgehead atoms. The Balaban J connectivity index is 1.62. The van der Waals surface area contributed by atoms with Crippen LogP contribution in [0.5, 0.6) is 17.2 Å². The largest absolute Gasteiger partial charge is 0.493 e. The molecule has 0 saturated carbocycles. The summed E-state index contributed by atoms with van der Waals surface area (Å²) in [5.41, 5.74) is 1.96. The van der Waals surface area contributed by atoms with Crippen LogP contribution in [0.1, 0.15) is 12.0 Å². The number of carbonyl (C=O) groups excluding carboxylic acids is 1. The molecule has 2 aromatic carbocycles. The number of nitrogens with zero attached hydrogens (tertiary/aromatic N) is 1. The number of hydrogen-bond donors (Lipinski definition) is 1. The highest BCUT2D eigenvalue weighted by Crippen LogP contribution is 2.39. The van der Waals surface area contributed by atoms with E-state index in [0.29, 0.717) is 36.8 Å². The smallest absolute Gasteiger partial charge is 0.222 e. The number of para-hydroxylation sites is 1. The first kappa shape index (κ1) is 18.6. The minimum atomic E-state index is -0.0235. The molecule has 1 heterocycles. The molecule has 0 atom stereocenters. The van der Waals surface area contributed by atoms with E-state index in [2.05, 4.69) is 28.1 Å². The first-order valence-electron chi connectivity index (χ1n) is 8.76. The molecular weight excluding hydrogens is 344 g/mol. The van der Waals surface area contributed by atoms with Crippen molar-refractivity contribution in [3.63, 3.8) is 0 Å². The number of methoxy groups -OCH3 is 3. The third-order valence-corrected chi connectivity index (χ3v) is 4.52. The summed E-state index contributed by atoms with van der Waals surface area (Å²) in [6.07, 6.45) is 2.41. The Morgan fingerprint density at radius 2 is 1.74 bits per heavy atom. The summed E-state index contributed by atoms with van der Waals surface area (Å²) in [6, 6.07) is 13.9. The quantitative estimate of drug-likeness (QED) is 0.662. The van der Waals surface area contributed by atoms with E-state index in [4.69, 9.17) is 14.2 Å². The van der Waals surface area contributed by atoms with Crippen molar-refractivity contribution in [2.24, 2.45) is 0 Å². The van der Waals surface area contributed by atoms with E-state index >= 15 is 0 Å². The van der Waals surface area contributed by atoms with E-state index < -0.39 is 0 Å². The van der Waals surface area contributed by atoms with Crippen LogP contribution in [-0.2, 0) is 17.9 Å². The van der Waals surface area contributed by atoms with Crippen molar-refractivity contribution < 1.29 is 19.0 Å². The van der Waals surface area contributed by atoms with E-state index in [-0.39, 0.29) is 5.91 Å². The summed E-state index contributed by atoms with van der Waals surface area (Å²) >= 11 is 0. The lowest BCUT2D eigenvalue weighted by atomic mass is 10.1. The maximum absolute atomic E-state index is 12.3. The normalized spacial score (nSPS) is 10.6. The summed E-state index contributed by atoms with van der Waals surface area (Å²) in [5.74, 6) is 1.65. The number of benzene rings is 2. The van der Waals surface area contributed by atoms with Gasteiger partial charge in [0, 0.05) is 36.8 Å². The molecule has 0 aliphatic heterocycles. The van der Waals surface area contributed by atoms with Gasteiger partial charge in [-0.3, -0.25) is 4.79 Å². The van der Waals surface area contributed by atoms with Gasteiger partial charge >= 0.3 is 0 Å². The van der Waals surface area contributed by atoms with E-state index in [1.54, 1.807) is 27.4 Å². The number of carbonyl (C=O) groups is 1. The Morgan fingerprint density at radius 1 is 0.963 bits per heavy atom. The Hall–Kier alpha value is -3.15. The molecule has 0 saturated heterocycles. The van der Waals surface area contributed by atoms with Crippen molar-refractivity contribution >= 4 is 16.8 Å². The highest BCUT2D eigenvalue weighted by molar-refractivity contribution is 5.80. The second-order valence-corrected chi connectivity index (χ2v) is 6.09. The van der Waals surface area contributed by atoms with Crippen molar-refractivity contribution in [1.82, 2.24) is 9.88 Å². The van der Waals surface area contributed by atoms with E-state index in [1.807, 2.05) is 24.4 Å². The highest BCUT2D eigenvalue weighted by Gasteiger charge is 2.16. The number of rotatable bonds is 8. The first-order valence-corrected chi connectivity index (χ1v) is 8.76. The molecule has 27 heavy (non-hydrogen) atoms. The van der Waals surface area contributed by atoms with Crippen molar-refractivity contribution in [2.45, 2.75) is 19.5 Å². The summed E-state index contributed by atoms with van der Waals surface area (Å²) in [4.78, 5) is 12.3. The van der Waals surface area contributed by atoms with Gasteiger partial charge in [0.1, 0.15) is 0 Å². The fourth-order valence-corrected chi connectivity index (χ4v) is 3.14. The maximum Gasteiger partial charge on any atom is 0.222 e. The van der Waals surface area contributed by atoms with Crippen LogP contribution in [0, 0.1) is 0 Å². The minimum Gasteiger partial charge on any atom is -0.493 e. The van der Waals surface area contributed by atoms with Crippen LogP contribution in [0.15, 0.2) is 48.7 Å². The fourth-order valence-electron chi connectivity index (χ4n) is 3.14. The number of ether oxygens (including phenoxy) is 3. The lowest BCUT2D eigenvalue weighted by Gasteiger charge is -2.16. The average molecular weight is 368 g/mol. The zero-order chi connectivity index (χ0) is 19.2. The molecule has 6 heteroatoms. The van der Waals surface area contributed by atoms with Crippen LogP contribution in [0.3, 0.4) is 0 Å². The van der Waals surface area contributed by atoms with Crippen molar-refractivity contribution in [1.29, 1.82) is 0 Å². The van der Waals surface area contributed by atoms with Crippen LogP contribution in [0.25, 0.3) is 10.9 Å². The summed E-state index contributed by atoms with van der Waals surface area (Å²) in [7, 11) is 4.70. The van der Waals surface area contributed by atoms with Crippen molar-refractivity contribution in [2.75, 3.05) is 21.3 Å². The van der Waals surface area contributed by atoms with Gasteiger partial charge in [-0.2, -0.15) is 0 Å². The summed E-state index contributed by atoms with van der Waals surface area (Å²) < 4.78 is 18.2. The fraction of sp³-hybridized carbons (Fsp3) is 0.286. The number of amides is 1.